The van der Waals surface area contributed by atoms with Gasteiger partial charge >= 0.3 is 0 Å². The Morgan fingerprint density at radius 3 is 2.86 bits per heavy atom. The van der Waals surface area contributed by atoms with Crippen LogP contribution in [-0.4, -0.2) is 11.8 Å². The second-order valence-electron chi connectivity index (χ2n) is 4.61. The van der Waals surface area contributed by atoms with Gasteiger partial charge in [0.25, 0.3) is 0 Å². The predicted molar refractivity (Wildman–Crippen MR) is 80.5 cm³/mol. The van der Waals surface area contributed by atoms with Crippen molar-refractivity contribution < 1.29 is 13.9 Å². The molecule has 0 atom stereocenters. The Balaban J connectivity index is 1.64. The summed E-state index contributed by atoms with van der Waals surface area (Å²) in [4.78, 5) is 4.37. The Kier molecular flexibility index (Phi) is 2.82. The van der Waals surface area contributed by atoms with Crippen molar-refractivity contribution in [2.24, 2.45) is 0 Å². The number of hydrogen-bond donors (Lipinski definition) is 0. The third kappa shape index (κ3) is 2.34. The zero-order valence-corrected chi connectivity index (χ0v) is 11.6. The summed E-state index contributed by atoms with van der Waals surface area (Å²) in [7, 11) is 0. The van der Waals surface area contributed by atoms with E-state index in [9.17, 15) is 0 Å². The fourth-order valence-corrected chi connectivity index (χ4v) is 2.34. The molecule has 5 heteroatoms. The van der Waals surface area contributed by atoms with E-state index in [-0.39, 0.29) is 6.79 Å². The molecular formula is C16H10ClNO3. The average Bonchev–Trinajstić information content (AvgIpc) is 3.09. The fraction of sp³-hybridized carbons (Fsp3) is 0.0625. The minimum atomic E-state index is 0.272. The van der Waals surface area contributed by atoms with Crippen LogP contribution < -0.4 is 9.47 Å². The SMILES string of the molecule is Clc1ccc2oc(C=Cc3ccc4c(c3)OCO4)nc2c1. The van der Waals surface area contributed by atoms with Crippen LogP contribution in [0.3, 0.4) is 0 Å². The number of nitrogens with zero attached hydrogens (tertiary/aromatic N) is 1. The van der Waals surface area contributed by atoms with E-state index < -0.39 is 0 Å². The minimum Gasteiger partial charge on any atom is -0.454 e. The second kappa shape index (κ2) is 4.82. The molecule has 1 aromatic heterocycles. The molecule has 0 fully saturated rings. The second-order valence-corrected chi connectivity index (χ2v) is 5.05. The highest BCUT2D eigenvalue weighted by Gasteiger charge is 2.12. The van der Waals surface area contributed by atoms with Crippen LogP contribution in [0.4, 0.5) is 0 Å². The van der Waals surface area contributed by atoms with Gasteiger partial charge in [0.05, 0.1) is 0 Å². The van der Waals surface area contributed by atoms with Gasteiger partial charge in [0, 0.05) is 11.1 Å². The Bertz CT molecular complexity index is 854. The molecule has 1 aliphatic heterocycles. The van der Waals surface area contributed by atoms with Crippen molar-refractivity contribution >= 4 is 34.9 Å². The van der Waals surface area contributed by atoms with Crippen molar-refractivity contribution in [1.29, 1.82) is 0 Å². The highest BCUT2D eigenvalue weighted by molar-refractivity contribution is 6.31. The van der Waals surface area contributed by atoms with Crippen molar-refractivity contribution in [3.63, 3.8) is 0 Å². The van der Waals surface area contributed by atoms with Gasteiger partial charge in [-0.15, -0.1) is 0 Å². The van der Waals surface area contributed by atoms with E-state index in [4.69, 9.17) is 25.5 Å². The summed E-state index contributed by atoms with van der Waals surface area (Å²) in [6.45, 7) is 0.272. The first-order valence-corrected chi connectivity index (χ1v) is 6.79. The number of aromatic nitrogens is 1. The summed E-state index contributed by atoms with van der Waals surface area (Å²) in [6.07, 6.45) is 3.72. The maximum absolute atomic E-state index is 5.93. The first-order chi connectivity index (χ1) is 10.3. The van der Waals surface area contributed by atoms with Crippen molar-refractivity contribution in [2.45, 2.75) is 0 Å². The Labute approximate surface area is 125 Å². The molecule has 3 aromatic rings. The van der Waals surface area contributed by atoms with Crippen LogP contribution in [0.1, 0.15) is 11.5 Å². The molecule has 0 unspecified atom stereocenters. The van der Waals surface area contributed by atoms with E-state index in [0.29, 0.717) is 16.5 Å². The Morgan fingerprint density at radius 2 is 1.90 bits per heavy atom. The fourth-order valence-electron chi connectivity index (χ4n) is 2.17. The lowest BCUT2D eigenvalue weighted by molar-refractivity contribution is 0.174. The number of hydrogen-bond acceptors (Lipinski definition) is 4. The van der Waals surface area contributed by atoms with Gasteiger partial charge < -0.3 is 13.9 Å². The Hall–Kier alpha value is -2.46. The molecule has 0 saturated carbocycles. The molecule has 2 aromatic carbocycles. The van der Waals surface area contributed by atoms with Crippen LogP contribution in [0.5, 0.6) is 11.5 Å². The number of halogens is 1. The summed E-state index contributed by atoms with van der Waals surface area (Å²) in [5.74, 6) is 2.05. The molecular weight excluding hydrogens is 290 g/mol. The molecule has 0 saturated heterocycles. The van der Waals surface area contributed by atoms with E-state index >= 15 is 0 Å². The molecule has 0 radical (unpaired) electrons. The minimum absolute atomic E-state index is 0.272. The van der Waals surface area contributed by atoms with E-state index in [1.54, 1.807) is 12.1 Å². The van der Waals surface area contributed by atoms with E-state index in [1.165, 1.54) is 0 Å². The lowest BCUT2D eigenvalue weighted by atomic mass is 10.2. The molecule has 0 spiro atoms. The average molecular weight is 300 g/mol. The highest BCUT2D eigenvalue weighted by atomic mass is 35.5. The van der Waals surface area contributed by atoms with E-state index in [1.807, 2.05) is 36.4 Å². The molecule has 4 rings (SSSR count). The molecule has 21 heavy (non-hydrogen) atoms. The molecule has 0 bridgehead atoms. The number of fused-ring (bicyclic) bond motifs is 2. The van der Waals surface area contributed by atoms with Crippen LogP contribution in [0, 0.1) is 0 Å². The summed E-state index contributed by atoms with van der Waals surface area (Å²) < 4.78 is 16.2. The molecule has 2 heterocycles. The van der Waals surface area contributed by atoms with Gasteiger partial charge in [-0.2, -0.15) is 0 Å². The van der Waals surface area contributed by atoms with Crippen molar-refractivity contribution in [1.82, 2.24) is 4.98 Å². The van der Waals surface area contributed by atoms with Crippen molar-refractivity contribution in [3.05, 3.63) is 52.9 Å². The van der Waals surface area contributed by atoms with Crippen LogP contribution in [-0.2, 0) is 0 Å². The zero-order chi connectivity index (χ0) is 14.2. The maximum Gasteiger partial charge on any atom is 0.231 e. The van der Waals surface area contributed by atoms with Gasteiger partial charge in [-0.1, -0.05) is 17.7 Å². The van der Waals surface area contributed by atoms with Gasteiger partial charge in [-0.25, -0.2) is 4.98 Å². The van der Waals surface area contributed by atoms with Gasteiger partial charge in [0.15, 0.2) is 17.1 Å². The number of benzene rings is 2. The molecule has 0 N–H and O–H groups in total. The lowest BCUT2D eigenvalue weighted by Crippen LogP contribution is -1.92. The standard InChI is InChI=1S/C16H10ClNO3/c17-11-3-5-13-12(8-11)18-16(21-13)6-2-10-1-4-14-15(7-10)20-9-19-14/h1-8H,9H2. The third-order valence-electron chi connectivity index (χ3n) is 3.18. The number of rotatable bonds is 2. The van der Waals surface area contributed by atoms with Gasteiger partial charge in [-0.3, -0.25) is 0 Å². The monoisotopic (exact) mass is 299 g/mol. The molecule has 0 amide bonds. The zero-order valence-electron chi connectivity index (χ0n) is 10.9. The topological polar surface area (TPSA) is 44.5 Å². The molecule has 0 aliphatic carbocycles. The van der Waals surface area contributed by atoms with Gasteiger partial charge in [0.2, 0.25) is 12.7 Å². The van der Waals surface area contributed by atoms with Crippen molar-refractivity contribution in [2.75, 3.05) is 6.79 Å². The summed E-state index contributed by atoms with van der Waals surface area (Å²) >= 11 is 5.93. The van der Waals surface area contributed by atoms with Crippen LogP contribution in [0.15, 0.2) is 40.8 Å². The van der Waals surface area contributed by atoms with E-state index in [0.717, 1.165) is 22.6 Å². The quantitative estimate of drug-likeness (QED) is 0.704. The lowest BCUT2D eigenvalue weighted by Gasteiger charge is -1.96. The normalized spacial score (nSPS) is 13.4. The number of ether oxygens (including phenoxy) is 2. The highest BCUT2D eigenvalue weighted by Crippen LogP contribution is 2.33. The first kappa shape index (κ1) is 12.3. The molecule has 1 aliphatic rings. The summed E-state index contributed by atoms with van der Waals surface area (Å²) in [5.41, 5.74) is 2.44. The van der Waals surface area contributed by atoms with Gasteiger partial charge in [0.1, 0.15) is 5.52 Å². The smallest absolute Gasteiger partial charge is 0.231 e. The van der Waals surface area contributed by atoms with Crippen LogP contribution >= 0.6 is 11.6 Å². The maximum atomic E-state index is 5.93. The molecule has 104 valence electrons. The first-order valence-electron chi connectivity index (χ1n) is 6.42. The predicted octanol–water partition coefficient (Wildman–Crippen LogP) is 4.38. The van der Waals surface area contributed by atoms with Crippen molar-refractivity contribution in [3.8, 4) is 11.5 Å². The third-order valence-corrected chi connectivity index (χ3v) is 3.42. The number of oxazole rings is 1. The molecule has 4 nitrogen and oxygen atoms in total. The largest absolute Gasteiger partial charge is 0.454 e. The Morgan fingerprint density at radius 1 is 1.00 bits per heavy atom. The van der Waals surface area contributed by atoms with Gasteiger partial charge in [-0.05, 0) is 42.0 Å². The van der Waals surface area contributed by atoms with Crippen LogP contribution in [0.2, 0.25) is 5.02 Å². The van der Waals surface area contributed by atoms with E-state index in [2.05, 4.69) is 4.98 Å². The summed E-state index contributed by atoms with van der Waals surface area (Å²) in [5, 5.41) is 0.641. The summed E-state index contributed by atoms with van der Waals surface area (Å²) in [6, 6.07) is 11.1. The van der Waals surface area contributed by atoms with Crippen LogP contribution in [0.25, 0.3) is 23.3 Å².